The Kier molecular flexibility index (Phi) is 4.55. The molecule has 1 amide bonds. The highest BCUT2D eigenvalue weighted by atomic mass is 16.5. The summed E-state index contributed by atoms with van der Waals surface area (Å²) in [6.07, 6.45) is 0.794. The third-order valence-electron chi connectivity index (χ3n) is 0.829. The van der Waals surface area contributed by atoms with Crippen LogP contribution >= 0.6 is 0 Å². The van der Waals surface area contributed by atoms with E-state index in [1.807, 2.05) is 0 Å². The fourth-order valence-electron chi connectivity index (χ4n) is 0.344. The molecule has 0 aromatic heterocycles. The largest absolute Gasteiger partial charge is 0.462 e. The topological polar surface area (TPSA) is 72.8 Å². The van der Waals surface area contributed by atoms with E-state index in [2.05, 4.69) is 16.5 Å². The van der Waals surface area contributed by atoms with Gasteiger partial charge < -0.3 is 4.74 Å². The van der Waals surface area contributed by atoms with Crippen LogP contribution in [0.5, 0.6) is 0 Å². The van der Waals surface area contributed by atoms with Gasteiger partial charge in [0.05, 0.1) is 6.42 Å². The maximum Gasteiger partial charge on any atom is 0.330 e. The summed E-state index contributed by atoms with van der Waals surface area (Å²) in [4.78, 5) is 30.0. The number of esters is 1. The molecule has 0 N–H and O–H groups in total. The molecule has 0 radical (unpaired) electrons. The third-order valence-corrected chi connectivity index (χ3v) is 0.829. The van der Waals surface area contributed by atoms with Crippen LogP contribution in [0.15, 0.2) is 17.8 Å². The van der Waals surface area contributed by atoms with E-state index in [1.54, 1.807) is 0 Å². The molecule has 0 spiro atoms. The molecule has 0 fully saturated rings. The zero-order valence-electron chi connectivity index (χ0n) is 5.78. The molecule has 11 heavy (non-hydrogen) atoms. The number of hydrogen-bond acceptors (Lipinski definition) is 4. The predicted octanol–water partition coefficient (Wildman–Crippen LogP) is 0.399. The molecule has 0 aliphatic rings. The Balaban J connectivity index is 3.41. The minimum atomic E-state index is -0.832. The zero-order chi connectivity index (χ0) is 8.69. The molecule has 0 saturated carbocycles. The summed E-state index contributed by atoms with van der Waals surface area (Å²) in [5.41, 5.74) is 0. The quantitative estimate of drug-likeness (QED) is 0.336. The molecule has 0 bridgehead atoms. The van der Waals surface area contributed by atoms with E-state index >= 15 is 0 Å². The maximum absolute atomic E-state index is 10.3. The lowest BCUT2D eigenvalue weighted by atomic mass is 10.4. The van der Waals surface area contributed by atoms with Crippen LogP contribution in [0.1, 0.15) is 6.42 Å². The van der Waals surface area contributed by atoms with E-state index in [0.717, 1.165) is 6.08 Å². The highest BCUT2D eigenvalue weighted by Gasteiger charge is 2.01. The molecule has 0 aliphatic carbocycles. The van der Waals surface area contributed by atoms with Crippen LogP contribution in [0.25, 0.3) is 0 Å². The second-order valence-corrected chi connectivity index (χ2v) is 1.61. The van der Waals surface area contributed by atoms with Crippen LogP contribution in [-0.2, 0) is 14.3 Å². The fraction of sp³-hybridized carbons (Fsp3) is 0.333. The molecule has 0 heterocycles. The molecule has 5 nitrogen and oxygen atoms in total. The highest BCUT2D eigenvalue weighted by Crippen LogP contribution is 1.87. The molecule has 0 saturated heterocycles. The van der Waals surface area contributed by atoms with Crippen molar-refractivity contribution < 1.29 is 14.3 Å². The first-order valence-corrected chi connectivity index (χ1v) is 2.86. The van der Waals surface area contributed by atoms with Crippen molar-refractivity contribution >= 4 is 11.9 Å². The number of carbonyl (C=O) groups is 2. The maximum atomic E-state index is 10.3. The van der Waals surface area contributed by atoms with Gasteiger partial charge in [0.25, 0.3) is 5.91 Å². The van der Waals surface area contributed by atoms with Crippen LogP contribution in [0.2, 0.25) is 0 Å². The standard InChI is InChI=1S/C6H7NO4/c1-2-6(9)11-4-3-5(8)7-10/h2H,1,3-4H2. The van der Waals surface area contributed by atoms with Crippen molar-refractivity contribution in [2.45, 2.75) is 6.42 Å². The molecule has 60 valence electrons. The van der Waals surface area contributed by atoms with Gasteiger partial charge in [0, 0.05) is 11.3 Å². The summed E-state index contributed by atoms with van der Waals surface area (Å²) in [6, 6.07) is 0. The number of ether oxygens (including phenoxy) is 1. The smallest absolute Gasteiger partial charge is 0.330 e. The molecular weight excluding hydrogens is 150 g/mol. The van der Waals surface area contributed by atoms with Crippen LogP contribution in [-0.4, -0.2) is 18.5 Å². The van der Waals surface area contributed by atoms with Gasteiger partial charge in [-0.3, -0.25) is 4.79 Å². The lowest BCUT2D eigenvalue weighted by Gasteiger charge is -1.95. The third kappa shape index (κ3) is 4.95. The van der Waals surface area contributed by atoms with Gasteiger partial charge in [0.15, 0.2) is 0 Å². The van der Waals surface area contributed by atoms with E-state index in [0.29, 0.717) is 0 Å². The second-order valence-electron chi connectivity index (χ2n) is 1.61. The van der Waals surface area contributed by atoms with E-state index < -0.39 is 11.9 Å². The van der Waals surface area contributed by atoms with Crippen LogP contribution in [0, 0.1) is 4.91 Å². The lowest BCUT2D eigenvalue weighted by Crippen LogP contribution is -2.05. The summed E-state index contributed by atoms with van der Waals surface area (Å²) in [6.45, 7) is 3.00. The van der Waals surface area contributed by atoms with Crippen molar-refractivity contribution in [2.75, 3.05) is 6.61 Å². The average Bonchev–Trinajstić information content (AvgIpc) is 2.04. The minimum absolute atomic E-state index is 0.130. The number of rotatable bonds is 4. The Morgan fingerprint density at radius 3 is 2.64 bits per heavy atom. The second kappa shape index (κ2) is 5.28. The molecule has 0 aromatic rings. The number of nitrogens with zero attached hydrogens (tertiary/aromatic N) is 1. The Labute approximate surface area is 63.0 Å². The van der Waals surface area contributed by atoms with Gasteiger partial charge in [0.2, 0.25) is 0 Å². The number of nitroso groups, excluding NO2 is 1. The van der Waals surface area contributed by atoms with Crippen LogP contribution < -0.4 is 0 Å². The molecule has 0 aromatic carbocycles. The Hall–Kier alpha value is -1.52. The first kappa shape index (κ1) is 9.48. The number of carbonyl (C=O) groups excluding carboxylic acids is 2. The Morgan fingerprint density at radius 1 is 1.55 bits per heavy atom. The highest BCUT2D eigenvalue weighted by molar-refractivity contribution is 5.82. The Bertz CT molecular complexity index is 167. The summed E-state index contributed by atoms with van der Waals surface area (Å²) < 4.78 is 4.39. The van der Waals surface area contributed by atoms with Crippen molar-refractivity contribution in [1.29, 1.82) is 0 Å². The van der Waals surface area contributed by atoms with Crippen LogP contribution in [0.4, 0.5) is 0 Å². The van der Waals surface area contributed by atoms with Crippen molar-refractivity contribution in [1.82, 2.24) is 0 Å². The SMILES string of the molecule is C=CC(=O)OCCC(=O)N=O. The summed E-state index contributed by atoms with van der Waals surface area (Å²) >= 11 is 0. The number of hydrogen-bond donors (Lipinski definition) is 0. The van der Waals surface area contributed by atoms with Gasteiger partial charge >= 0.3 is 5.97 Å². The summed E-state index contributed by atoms with van der Waals surface area (Å²) in [5, 5.41) is 2.11. The molecular formula is C6H7NO4. The van der Waals surface area contributed by atoms with E-state index in [1.165, 1.54) is 0 Å². The predicted molar refractivity (Wildman–Crippen MR) is 36.6 cm³/mol. The van der Waals surface area contributed by atoms with Gasteiger partial charge in [0.1, 0.15) is 6.61 Å². The van der Waals surface area contributed by atoms with Gasteiger partial charge in [-0.1, -0.05) is 6.58 Å². The molecule has 0 atom stereocenters. The lowest BCUT2D eigenvalue weighted by molar-refractivity contribution is -0.138. The molecule has 5 heteroatoms. The van der Waals surface area contributed by atoms with E-state index in [-0.39, 0.29) is 13.0 Å². The molecule has 0 unspecified atom stereocenters. The monoisotopic (exact) mass is 157 g/mol. The van der Waals surface area contributed by atoms with Crippen molar-refractivity contribution in [3.8, 4) is 0 Å². The van der Waals surface area contributed by atoms with Gasteiger partial charge in [-0.15, -0.1) is 4.91 Å². The van der Waals surface area contributed by atoms with Crippen molar-refractivity contribution in [3.63, 3.8) is 0 Å². The molecule has 0 aliphatic heterocycles. The minimum Gasteiger partial charge on any atom is -0.462 e. The van der Waals surface area contributed by atoms with Crippen molar-refractivity contribution in [3.05, 3.63) is 17.6 Å². The van der Waals surface area contributed by atoms with Gasteiger partial charge in [-0.25, -0.2) is 4.79 Å². The van der Waals surface area contributed by atoms with Crippen LogP contribution in [0.3, 0.4) is 0 Å². The van der Waals surface area contributed by atoms with Crippen molar-refractivity contribution in [2.24, 2.45) is 5.18 Å². The number of amides is 1. The summed E-state index contributed by atoms with van der Waals surface area (Å²) in [7, 11) is 0. The normalized spacial score (nSPS) is 8.36. The average molecular weight is 157 g/mol. The zero-order valence-corrected chi connectivity index (χ0v) is 5.78. The first-order chi connectivity index (χ1) is 5.20. The molecule has 0 rings (SSSR count). The summed E-state index contributed by atoms with van der Waals surface area (Å²) in [5.74, 6) is -1.45. The van der Waals surface area contributed by atoms with Gasteiger partial charge in [-0.2, -0.15) is 0 Å². The van der Waals surface area contributed by atoms with Gasteiger partial charge in [-0.05, 0) is 0 Å². The van der Waals surface area contributed by atoms with E-state index in [9.17, 15) is 14.5 Å². The first-order valence-electron chi connectivity index (χ1n) is 2.86. The fourth-order valence-corrected chi connectivity index (χ4v) is 0.344. The van der Waals surface area contributed by atoms with E-state index in [4.69, 9.17) is 0 Å². The Morgan fingerprint density at radius 2 is 2.18 bits per heavy atom.